The molecule has 0 aliphatic carbocycles. The predicted octanol–water partition coefficient (Wildman–Crippen LogP) is 19.7. The summed E-state index contributed by atoms with van der Waals surface area (Å²) >= 11 is 0. The highest BCUT2D eigenvalue weighted by atomic mass is 31.2. The first kappa shape index (κ1) is 71.7. The van der Waals surface area contributed by atoms with E-state index in [2.05, 4.69) is 43.5 Å². The Morgan fingerprint density at radius 2 is 0.753 bits per heavy atom. The van der Waals surface area contributed by atoms with Crippen LogP contribution in [0.4, 0.5) is 0 Å². The van der Waals surface area contributed by atoms with E-state index in [0.29, 0.717) is 17.4 Å². The van der Waals surface area contributed by atoms with Gasteiger partial charge < -0.3 is 19.8 Å². The molecule has 0 aromatic heterocycles. The molecule has 73 heavy (non-hydrogen) atoms. The fraction of sp³-hybridized carbons (Fsp3) is 0.891. The highest BCUT2D eigenvalue weighted by Crippen LogP contribution is 2.43. The molecule has 9 heteroatoms. The van der Waals surface area contributed by atoms with E-state index in [9.17, 15) is 19.4 Å². The molecular weight excluding hydrogens is 924 g/mol. The molecule has 3 unspecified atom stereocenters. The first-order chi connectivity index (χ1) is 35.5. The van der Waals surface area contributed by atoms with Gasteiger partial charge in [-0.05, 0) is 44.9 Å². The van der Waals surface area contributed by atoms with E-state index in [-0.39, 0.29) is 19.1 Å². The topological polar surface area (TPSA) is 105 Å². The quantitative estimate of drug-likeness (QED) is 0.0243. The van der Waals surface area contributed by atoms with E-state index in [1.165, 1.54) is 250 Å². The largest absolute Gasteiger partial charge is 0.472 e. The number of likely N-dealkylation sites (N-methyl/N-ethyl adjacent to an activating group) is 1. The summed E-state index contributed by atoms with van der Waals surface area (Å²) in [5.74, 6) is -0.185. The third-order valence-corrected chi connectivity index (χ3v) is 15.6. The summed E-state index contributed by atoms with van der Waals surface area (Å²) < 4.78 is 23.7. The van der Waals surface area contributed by atoms with Gasteiger partial charge in [-0.2, -0.15) is 0 Å². The van der Waals surface area contributed by atoms with Crippen LogP contribution in [0.5, 0.6) is 0 Å². The summed E-state index contributed by atoms with van der Waals surface area (Å²) in [5, 5.41) is 13.9. The van der Waals surface area contributed by atoms with Crippen molar-refractivity contribution in [1.29, 1.82) is 0 Å². The number of aliphatic hydroxyl groups is 1. The standard InChI is InChI=1S/C64H125N2O6P/c1-6-8-10-12-14-16-18-20-22-24-26-28-30-31-32-33-34-35-36-37-39-41-43-45-47-49-51-53-55-57-63(67)62(61-72-73(69,70)71-60-59-66(3,4)5)65-64(68)58-56-54-52-50-48-46-44-42-40-38-29-27-25-23-21-19-17-15-13-11-9-7-2/h39,41,47,49,55,57,62-63,67H,6-38,40,42-46,48,50-54,56,58-61H2,1-5H3,(H-,65,68,69,70)/p+1/b41-39+,49-47+,57-55+. The molecule has 0 spiro atoms. The van der Waals surface area contributed by atoms with Gasteiger partial charge in [0.2, 0.25) is 5.91 Å². The Labute approximate surface area is 455 Å². The number of unbranched alkanes of at least 4 members (excludes halogenated alkanes) is 42. The molecule has 0 aliphatic heterocycles. The van der Waals surface area contributed by atoms with E-state index in [0.717, 1.165) is 44.9 Å². The molecule has 0 aromatic carbocycles. The van der Waals surface area contributed by atoms with E-state index in [1.807, 2.05) is 27.2 Å². The lowest BCUT2D eigenvalue weighted by molar-refractivity contribution is -0.870. The molecule has 0 rings (SSSR count). The van der Waals surface area contributed by atoms with E-state index < -0.39 is 20.0 Å². The minimum Gasteiger partial charge on any atom is -0.387 e. The van der Waals surface area contributed by atoms with Crippen LogP contribution in [0.25, 0.3) is 0 Å². The Kier molecular flexibility index (Phi) is 54.5. The van der Waals surface area contributed by atoms with Crippen LogP contribution >= 0.6 is 7.82 Å². The summed E-state index contributed by atoms with van der Waals surface area (Å²) in [4.78, 5) is 23.3. The Morgan fingerprint density at radius 3 is 1.10 bits per heavy atom. The molecule has 0 aromatic rings. The molecular formula is C64H126N2O6P+. The molecule has 432 valence electrons. The molecule has 0 heterocycles. The van der Waals surface area contributed by atoms with Crippen LogP contribution in [0.1, 0.15) is 316 Å². The predicted molar refractivity (Wildman–Crippen MR) is 318 cm³/mol. The van der Waals surface area contributed by atoms with Crippen molar-refractivity contribution in [2.75, 3.05) is 40.9 Å². The maximum atomic E-state index is 13.0. The van der Waals surface area contributed by atoms with Crippen LogP contribution < -0.4 is 5.32 Å². The number of rotatable bonds is 59. The zero-order valence-electron chi connectivity index (χ0n) is 49.4. The molecule has 3 atom stereocenters. The van der Waals surface area contributed by atoms with Crippen molar-refractivity contribution in [3.05, 3.63) is 36.5 Å². The van der Waals surface area contributed by atoms with Crippen LogP contribution in [0.15, 0.2) is 36.5 Å². The number of nitrogens with zero attached hydrogens (tertiary/aromatic N) is 1. The number of quaternary nitrogens is 1. The fourth-order valence-electron chi connectivity index (χ4n) is 9.61. The number of hydrogen-bond acceptors (Lipinski definition) is 5. The highest BCUT2D eigenvalue weighted by molar-refractivity contribution is 7.47. The number of phosphoric acid groups is 1. The first-order valence-corrected chi connectivity index (χ1v) is 33.4. The van der Waals surface area contributed by atoms with Gasteiger partial charge in [0, 0.05) is 6.42 Å². The average molecular weight is 1050 g/mol. The second-order valence-electron chi connectivity index (χ2n) is 23.1. The zero-order valence-corrected chi connectivity index (χ0v) is 50.3. The van der Waals surface area contributed by atoms with Crippen LogP contribution in [0.3, 0.4) is 0 Å². The van der Waals surface area contributed by atoms with Crippen molar-refractivity contribution in [2.45, 2.75) is 328 Å². The Morgan fingerprint density at radius 1 is 0.452 bits per heavy atom. The molecule has 1 amide bonds. The van der Waals surface area contributed by atoms with Crippen LogP contribution in [0, 0.1) is 0 Å². The third kappa shape index (κ3) is 58.2. The van der Waals surface area contributed by atoms with E-state index in [4.69, 9.17) is 9.05 Å². The summed E-state index contributed by atoms with van der Waals surface area (Å²) in [6, 6.07) is -0.868. The lowest BCUT2D eigenvalue weighted by Gasteiger charge is -2.25. The first-order valence-electron chi connectivity index (χ1n) is 31.9. The number of carbonyl (C=O) groups is 1. The number of amides is 1. The molecule has 0 fully saturated rings. The number of hydrogen-bond donors (Lipinski definition) is 3. The smallest absolute Gasteiger partial charge is 0.387 e. The fourth-order valence-corrected chi connectivity index (χ4v) is 10.3. The van der Waals surface area contributed by atoms with Crippen LogP contribution in [-0.4, -0.2) is 73.4 Å². The van der Waals surface area contributed by atoms with Crippen molar-refractivity contribution in [1.82, 2.24) is 5.32 Å². The van der Waals surface area contributed by atoms with Crippen LogP contribution in [-0.2, 0) is 18.4 Å². The van der Waals surface area contributed by atoms with Crippen molar-refractivity contribution < 1.29 is 32.9 Å². The minimum absolute atomic E-state index is 0.0553. The van der Waals surface area contributed by atoms with Crippen molar-refractivity contribution >= 4 is 13.7 Å². The van der Waals surface area contributed by atoms with Gasteiger partial charge in [-0.3, -0.25) is 13.8 Å². The van der Waals surface area contributed by atoms with Crippen LogP contribution in [0.2, 0.25) is 0 Å². The average Bonchev–Trinajstić information content (AvgIpc) is 3.35. The van der Waals surface area contributed by atoms with Gasteiger partial charge in [0.15, 0.2) is 0 Å². The zero-order chi connectivity index (χ0) is 53.5. The Bertz CT molecular complexity index is 1280. The second-order valence-corrected chi connectivity index (χ2v) is 24.6. The molecule has 8 nitrogen and oxygen atoms in total. The normalized spacial score (nSPS) is 14.0. The second kappa shape index (κ2) is 55.5. The number of aliphatic hydroxyl groups excluding tert-OH is 1. The lowest BCUT2D eigenvalue weighted by atomic mass is 10.0. The number of nitrogens with one attached hydrogen (secondary N) is 1. The summed E-state index contributed by atoms with van der Waals surface area (Å²) in [6.45, 7) is 4.84. The van der Waals surface area contributed by atoms with Gasteiger partial charge in [0.1, 0.15) is 13.2 Å². The Hall–Kier alpha value is -1.28. The maximum absolute atomic E-state index is 13.0. The summed E-state index contributed by atoms with van der Waals surface area (Å²) in [7, 11) is 1.56. The molecule has 3 N–H and O–H groups in total. The molecule has 0 radical (unpaired) electrons. The number of phosphoric ester groups is 1. The third-order valence-electron chi connectivity index (χ3n) is 14.6. The van der Waals surface area contributed by atoms with E-state index >= 15 is 0 Å². The van der Waals surface area contributed by atoms with Gasteiger partial charge in [0.05, 0.1) is 39.9 Å². The molecule has 0 saturated heterocycles. The molecule has 0 bridgehead atoms. The van der Waals surface area contributed by atoms with Gasteiger partial charge in [-0.15, -0.1) is 0 Å². The summed E-state index contributed by atoms with van der Waals surface area (Å²) in [6.07, 6.45) is 72.8. The molecule has 0 aliphatic rings. The van der Waals surface area contributed by atoms with Gasteiger partial charge in [-0.25, -0.2) is 4.57 Å². The number of allylic oxidation sites excluding steroid dienone is 5. The van der Waals surface area contributed by atoms with Crippen molar-refractivity contribution in [3.8, 4) is 0 Å². The SMILES string of the molecule is CCCCCCCCCCCCCCCCCCCCC/C=C/CC/C=C/CC/C=C/C(O)C(COP(=O)(O)OCC[N+](C)(C)C)NC(=O)CCCCCCCCCCCCCCCCCCCCCCCC. The summed E-state index contributed by atoms with van der Waals surface area (Å²) in [5.41, 5.74) is 0. The van der Waals surface area contributed by atoms with Crippen molar-refractivity contribution in [2.24, 2.45) is 0 Å². The molecule has 0 saturated carbocycles. The number of carbonyl (C=O) groups excluding carboxylic acids is 1. The van der Waals surface area contributed by atoms with Gasteiger partial charge >= 0.3 is 7.82 Å². The lowest BCUT2D eigenvalue weighted by Crippen LogP contribution is -2.45. The van der Waals surface area contributed by atoms with Gasteiger partial charge in [-0.1, -0.05) is 301 Å². The maximum Gasteiger partial charge on any atom is 0.472 e. The highest BCUT2D eigenvalue weighted by Gasteiger charge is 2.27. The van der Waals surface area contributed by atoms with E-state index in [1.54, 1.807) is 6.08 Å². The minimum atomic E-state index is -4.36. The van der Waals surface area contributed by atoms with Gasteiger partial charge in [0.25, 0.3) is 0 Å². The van der Waals surface area contributed by atoms with Crippen molar-refractivity contribution in [3.63, 3.8) is 0 Å². The monoisotopic (exact) mass is 1050 g/mol. The Balaban J connectivity index is 4.18.